The Labute approximate surface area is 179 Å². The molecule has 7 heteroatoms. The number of aromatic nitrogens is 2. The second-order valence-corrected chi connectivity index (χ2v) is 7.97. The first kappa shape index (κ1) is 20.6. The molecule has 4 rings (SSSR count). The Balaban J connectivity index is 1.59. The molecule has 7 nitrogen and oxygen atoms in total. The zero-order valence-corrected chi connectivity index (χ0v) is 17.4. The van der Waals surface area contributed by atoms with Gasteiger partial charge in [-0.3, -0.25) is 14.2 Å². The molecule has 0 saturated heterocycles. The molecular weight excluding hydrogens is 392 g/mol. The monoisotopic (exact) mass is 416 g/mol. The van der Waals surface area contributed by atoms with E-state index in [9.17, 15) is 19.6 Å². The molecule has 0 bridgehead atoms. The van der Waals surface area contributed by atoms with E-state index in [0.717, 1.165) is 40.2 Å². The number of carbonyl (C=O) groups excluding carboxylic acids is 1. The topological polar surface area (TPSA) is 96.9 Å². The minimum Gasteiger partial charge on any atom is -0.348 e. The fourth-order valence-corrected chi connectivity index (χ4v) is 4.21. The molecule has 1 atom stereocenters. The second kappa shape index (κ2) is 8.60. The quantitative estimate of drug-likeness (QED) is 0.707. The molecular formula is C24H24N4O3. The first-order valence-electron chi connectivity index (χ1n) is 10.5. The van der Waals surface area contributed by atoms with Gasteiger partial charge in [0.05, 0.1) is 6.04 Å². The smallest absolute Gasteiger partial charge is 0.331 e. The Kier molecular flexibility index (Phi) is 5.72. The van der Waals surface area contributed by atoms with Crippen molar-refractivity contribution in [3.8, 4) is 6.07 Å². The molecule has 0 radical (unpaired) electrons. The molecule has 0 unspecified atom stereocenters. The van der Waals surface area contributed by atoms with E-state index < -0.39 is 23.7 Å². The molecule has 0 aliphatic carbocycles. The van der Waals surface area contributed by atoms with E-state index in [4.69, 9.17) is 0 Å². The van der Waals surface area contributed by atoms with E-state index in [1.54, 1.807) is 0 Å². The Hall–Kier alpha value is -3.66. The largest absolute Gasteiger partial charge is 0.348 e. The maximum absolute atomic E-state index is 12.9. The Morgan fingerprint density at radius 3 is 2.68 bits per heavy atom. The van der Waals surface area contributed by atoms with E-state index in [2.05, 4.69) is 5.32 Å². The van der Waals surface area contributed by atoms with Crippen LogP contribution >= 0.6 is 0 Å². The Morgan fingerprint density at radius 2 is 1.90 bits per heavy atom. The highest BCUT2D eigenvalue weighted by Crippen LogP contribution is 2.20. The van der Waals surface area contributed by atoms with Crippen LogP contribution in [0.15, 0.2) is 52.1 Å². The van der Waals surface area contributed by atoms with Crippen molar-refractivity contribution in [1.82, 2.24) is 14.5 Å². The van der Waals surface area contributed by atoms with Gasteiger partial charge in [-0.15, -0.1) is 0 Å². The van der Waals surface area contributed by atoms with E-state index in [0.29, 0.717) is 18.7 Å². The van der Waals surface area contributed by atoms with Gasteiger partial charge in [0.25, 0.3) is 5.56 Å². The predicted molar refractivity (Wildman–Crippen MR) is 118 cm³/mol. The molecule has 0 spiro atoms. The van der Waals surface area contributed by atoms with Crippen molar-refractivity contribution in [2.45, 2.75) is 51.7 Å². The van der Waals surface area contributed by atoms with Crippen LogP contribution in [0.1, 0.15) is 49.0 Å². The molecule has 1 aliphatic heterocycles. The fraction of sp³-hybridized carbons (Fsp3) is 0.333. The number of benzene rings is 2. The van der Waals surface area contributed by atoms with E-state index in [1.165, 1.54) is 4.57 Å². The van der Waals surface area contributed by atoms with Gasteiger partial charge < -0.3 is 5.32 Å². The maximum atomic E-state index is 12.9. The normalized spacial score (nSPS) is 14.3. The zero-order chi connectivity index (χ0) is 22.0. The van der Waals surface area contributed by atoms with Crippen LogP contribution in [-0.2, 0) is 24.3 Å². The van der Waals surface area contributed by atoms with Crippen LogP contribution in [0.2, 0.25) is 0 Å². The number of amides is 1. The number of carbonyl (C=O) groups is 1. The maximum Gasteiger partial charge on any atom is 0.331 e. The standard InChI is InChI=1S/C24H24N4O3/c1-16(18-11-10-17-7-4-5-8-19(17)13-18)26-22(29)15-28-23(30)20(14-25)21-9-3-2-6-12-27(21)24(28)31/h4-5,7-8,10-11,13,16H,2-3,6,9,12,15H2,1H3,(H,26,29)/t16-/m0/s1. The first-order chi connectivity index (χ1) is 15.0. The summed E-state index contributed by atoms with van der Waals surface area (Å²) in [6.07, 6.45) is 3.10. The average molecular weight is 416 g/mol. The van der Waals surface area contributed by atoms with Crippen molar-refractivity contribution < 1.29 is 4.79 Å². The summed E-state index contributed by atoms with van der Waals surface area (Å²) in [7, 11) is 0. The summed E-state index contributed by atoms with van der Waals surface area (Å²) in [5.74, 6) is -0.446. The molecule has 158 valence electrons. The van der Waals surface area contributed by atoms with Gasteiger partial charge in [0.15, 0.2) is 0 Å². The van der Waals surface area contributed by atoms with Gasteiger partial charge in [-0.1, -0.05) is 42.8 Å². The van der Waals surface area contributed by atoms with Crippen molar-refractivity contribution >= 4 is 16.7 Å². The number of hydrogen-bond donors (Lipinski definition) is 1. The van der Waals surface area contributed by atoms with Crippen molar-refractivity contribution in [3.63, 3.8) is 0 Å². The number of hydrogen-bond acceptors (Lipinski definition) is 4. The summed E-state index contributed by atoms with van der Waals surface area (Å²) in [4.78, 5) is 38.4. The fourth-order valence-electron chi connectivity index (χ4n) is 4.21. The highest BCUT2D eigenvalue weighted by atomic mass is 16.2. The lowest BCUT2D eigenvalue weighted by Crippen LogP contribution is -2.46. The summed E-state index contributed by atoms with van der Waals surface area (Å²) < 4.78 is 2.38. The van der Waals surface area contributed by atoms with Crippen molar-refractivity contribution in [1.29, 1.82) is 5.26 Å². The van der Waals surface area contributed by atoms with Gasteiger partial charge >= 0.3 is 5.69 Å². The molecule has 1 amide bonds. The molecule has 1 aliphatic rings. The lowest BCUT2D eigenvalue weighted by Gasteiger charge is -2.17. The van der Waals surface area contributed by atoms with Gasteiger partial charge in [0.2, 0.25) is 5.91 Å². The SMILES string of the molecule is C[C@H](NC(=O)Cn1c(=O)c(C#N)c2n(c1=O)CCCCC2)c1ccc2ccccc2c1. The minimum absolute atomic E-state index is 0.0307. The Bertz CT molecular complexity index is 1310. The summed E-state index contributed by atoms with van der Waals surface area (Å²) in [6.45, 7) is 1.90. The number of nitriles is 1. The van der Waals surface area contributed by atoms with Crippen LogP contribution in [0, 0.1) is 11.3 Å². The van der Waals surface area contributed by atoms with Crippen LogP contribution in [0.3, 0.4) is 0 Å². The lowest BCUT2D eigenvalue weighted by molar-refractivity contribution is -0.122. The highest BCUT2D eigenvalue weighted by Gasteiger charge is 2.22. The molecule has 3 aromatic rings. The summed E-state index contributed by atoms with van der Waals surface area (Å²) in [5.41, 5.74) is 0.187. The number of nitrogens with one attached hydrogen (secondary N) is 1. The first-order valence-corrected chi connectivity index (χ1v) is 10.5. The predicted octanol–water partition coefficient (Wildman–Crippen LogP) is 2.64. The van der Waals surface area contributed by atoms with Gasteiger partial charge in [-0.05, 0) is 48.6 Å². The number of nitrogens with zero attached hydrogens (tertiary/aromatic N) is 3. The Morgan fingerprint density at radius 1 is 1.13 bits per heavy atom. The van der Waals surface area contributed by atoms with Crippen LogP contribution in [-0.4, -0.2) is 15.0 Å². The molecule has 2 heterocycles. The van der Waals surface area contributed by atoms with Gasteiger partial charge in [0, 0.05) is 12.2 Å². The van der Waals surface area contributed by atoms with Crippen LogP contribution in [0.4, 0.5) is 0 Å². The van der Waals surface area contributed by atoms with Gasteiger partial charge in [-0.2, -0.15) is 5.26 Å². The number of rotatable bonds is 4. The minimum atomic E-state index is -0.686. The third-order valence-electron chi connectivity index (χ3n) is 5.90. The van der Waals surface area contributed by atoms with Crippen LogP contribution in [0.25, 0.3) is 10.8 Å². The third-order valence-corrected chi connectivity index (χ3v) is 5.90. The molecule has 2 aromatic carbocycles. The van der Waals surface area contributed by atoms with E-state index in [1.807, 2.05) is 55.5 Å². The van der Waals surface area contributed by atoms with Crippen LogP contribution < -0.4 is 16.6 Å². The molecule has 1 N–H and O–H groups in total. The van der Waals surface area contributed by atoms with Crippen molar-refractivity contribution in [2.75, 3.05) is 0 Å². The van der Waals surface area contributed by atoms with E-state index >= 15 is 0 Å². The summed E-state index contributed by atoms with van der Waals surface area (Å²) in [5, 5.41) is 14.6. The number of fused-ring (bicyclic) bond motifs is 2. The van der Waals surface area contributed by atoms with Crippen molar-refractivity contribution in [3.05, 3.63) is 80.1 Å². The second-order valence-electron chi connectivity index (χ2n) is 7.97. The van der Waals surface area contributed by atoms with Crippen LogP contribution in [0.5, 0.6) is 0 Å². The van der Waals surface area contributed by atoms with Crippen molar-refractivity contribution in [2.24, 2.45) is 0 Å². The lowest BCUT2D eigenvalue weighted by atomic mass is 10.0. The van der Waals surface area contributed by atoms with E-state index in [-0.39, 0.29) is 11.6 Å². The third kappa shape index (κ3) is 4.02. The average Bonchev–Trinajstić information content (AvgIpc) is 3.03. The summed E-state index contributed by atoms with van der Waals surface area (Å²) in [6, 6.07) is 15.6. The molecule has 0 fully saturated rings. The zero-order valence-electron chi connectivity index (χ0n) is 17.4. The van der Waals surface area contributed by atoms with Gasteiger partial charge in [0.1, 0.15) is 18.2 Å². The molecule has 1 aromatic heterocycles. The molecule has 0 saturated carbocycles. The summed E-state index contributed by atoms with van der Waals surface area (Å²) >= 11 is 0. The molecule has 31 heavy (non-hydrogen) atoms. The van der Waals surface area contributed by atoms with Gasteiger partial charge in [-0.25, -0.2) is 9.36 Å². The highest BCUT2D eigenvalue weighted by molar-refractivity contribution is 5.83.